The Morgan fingerprint density at radius 1 is 1.03 bits per heavy atom. The monoisotopic (exact) mass is 436 g/mol. The van der Waals surface area contributed by atoms with Crippen molar-refractivity contribution in [3.63, 3.8) is 0 Å². The summed E-state index contributed by atoms with van der Waals surface area (Å²) in [6, 6.07) is 15.7. The number of carbonyl (C=O) groups is 2. The van der Waals surface area contributed by atoms with Gasteiger partial charge in [0.25, 0.3) is 0 Å². The van der Waals surface area contributed by atoms with Crippen LogP contribution in [0.1, 0.15) is 12.8 Å². The van der Waals surface area contributed by atoms with Gasteiger partial charge in [-0.15, -0.1) is 0 Å². The number of amides is 1. The number of Topliss-reactive ketones (excluding diaryl/α,β-unsaturated/α-hetero) is 1. The quantitative estimate of drug-likeness (QED) is 0.467. The third kappa shape index (κ3) is 4.72. The van der Waals surface area contributed by atoms with E-state index in [1.807, 2.05) is 30.3 Å². The van der Waals surface area contributed by atoms with Gasteiger partial charge in [0.2, 0.25) is 5.91 Å². The predicted octanol–water partition coefficient (Wildman–Crippen LogP) is 3.33. The number of carbonyl (C=O) groups excluding carboxylic acids is 2. The minimum Gasteiger partial charge on any atom is -0.489 e. The van der Waals surface area contributed by atoms with Gasteiger partial charge < -0.3 is 19.4 Å². The number of anilines is 2. The largest absolute Gasteiger partial charge is 0.489 e. The van der Waals surface area contributed by atoms with Gasteiger partial charge in [-0.2, -0.15) is 5.26 Å². The average molecular weight is 436 g/mol. The number of fused-ring (bicyclic) bond motifs is 1. The highest BCUT2D eigenvalue weighted by Gasteiger charge is 2.31. The lowest BCUT2D eigenvalue weighted by molar-refractivity contribution is -0.131. The van der Waals surface area contributed by atoms with Crippen molar-refractivity contribution in [1.29, 1.82) is 5.26 Å². The highest BCUT2D eigenvalue weighted by Crippen LogP contribution is 2.40. The molecule has 2 aromatic rings. The number of allylic oxidation sites excluding steroid dienone is 1. The molecule has 0 radical (unpaired) electrons. The molecule has 32 heavy (non-hydrogen) atoms. The fraction of sp³-hybridized carbons (Fsp3) is 0.292. The van der Waals surface area contributed by atoms with Gasteiger partial charge in [-0.25, -0.2) is 4.39 Å². The van der Waals surface area contributed by atoms with Crippen LogP contribution in [0.3, 0.4) is 0 Å². The van der Waals surface area contributed by atoms with Crippen LogP contribution in [0.5, 0.6) is 5.75 Å². The molecule has 0 fully saturated rings. The fourth-order valence-corrected chi connectivity index (χ4v) is 3.57. The highest BCUT2D eigenvalue weighted by atomic mass is 19.1. The van der Waals surface area contributed by atoms with Crippen molar-refractivity contribution in [2.75, 3.05) is 44.1 Å². The maximum absolute atomic E-state index is 13.6. The van der Waals surface area contributed by atoms with Gasteiger partial charge in [0.15, 0.2) is 17.3 Å². The summed E-state index contributed by atoms with van der Waals surface area (Å²) in [5.74, 6) is -0.488. The summed E-state index contributed by atoms with van der Waals surface area (Å²) in [7, 11) is 5.20. The normalized spacial score (nSPS) is 12.3. The van der Waals surface area contributed by atoms with Crippen LogP contribution in [-0.2, 0) is 9.59 Å². The van der Waals surface area contributed by atoms with Gasteiger partial charge in [0, 0.05) is 34.0 Å². The van der Waals surface area contributed by atoms with Crippen LogP contribution in [0.4, 0.5) is 15.8 Å². The van der Waals surface area contributed by atoms with Crippen molar-refractivity contribution in [1.82, 2.24) is 4.90 Å². The first-order valence-corrected chi connectivity index (χ1v) is 10.2. The smallest absolute Gasteiger partial charge is 0.222 e. The molecule has 8 heteroatoms. The Hall–Kier alpha value is -3.86. The van der Waals surface area contributed by atoms with E-state index in [0.29, 0.717) is 5.82 Å². The zero-order valence-corrected chi connectivity index (χ0v) is 18.3. The van der Waals surface area contributed by atoms with Crippen molar-refractivity contribution in [3.8, 4) is 11.8 Å². The Bertz CT molecular complexity index is 1060. The molecule has 2 aromatic carbocycles. The van der Waals surface area contributed by atoms with Crippen molar-refractivity contribution >= 4 is 23.1 Å². The number of nitrogens with zero attached hydrogens (tertiary/aromatic N) is 4. The van der Waals surface area contributed by atoms with Crippen LogP contribution < -0.4 is 14.5 Å². The van der Waals surface area contributed by atoms with Gasteiger partial charge in [0.05, 0.1) is 17.9 Å². The molecule has 0 unspecified atom stereocenters. The zero-order chi connectivity index (χ0) is 23.3. The van der Waals surface area contributed by atoms with Crippen LogP contribution in [0.25, 0.3) is 0 Å². The number of para-hydroxylation sites is 3. The summed E-state index contributed by atoms with van der Waals surface area (Å²) in [5, 5.41) is 9.67. The Kier molecular flexibility index (Phi) is 7.11. The maximum Gasteiger partial charge on any atom is 0.222 e. The molecular weight excluding hydrogens is 411 g/mol. The predicted molar refractivity (Wildman–Crippen MR) is 120 cm³/mol. The Morgan fingerprint density at radius 3 is 2.22 bits per heavy atom. The summed E-state index contributed by atoms with van der Waals surface area (Å²) < 4.78 is 18.9. The lowest BCUT2D eigenvalue weighted by Crippen LogP contribution is -2.31. The molecule has 3 rings (SSSR count). The van der Waals surface area contributed by atoms with E-state index in [1.165, 1.54) is 17.0 Å². The number of rotatable bonds is 8. The lowest BCUT2D eigenvalue weighted by atomic mass is 10.1. The van der Waals surface area contributed by atoms with Crippen LogP contribution in [0.15, 0.2) is 59.9 Å². The molecule has 0 saturated carbocycles. The molecule has 0 bridgehead atoms. The van der Waals surface area contributed by atoms with Crippen LogP contribution >= 0.6 is 0 Å². The van der Waals surface area contributed by atoms with Gasteiger partial charge >= 0.3 is 0 Å². The molecule has 0 aromatic heterocycles. The van der Waals surface area contributed by atoms with E-state index >= 15 is 0 Å². The Labute approximate surface area is 186 Å². The topological polar surface area (TPSA) is 76.9 Å². The standard InChI is InChI=1S/C24H25FN4O3/c1-27(14-15-32-22-11-7-4-8-18(22)25)23(31)13-12-21(30)17(16-26)24-28(2)19-9-5-6-10-20(19)29(24)3/h4-11H,12-15H2,1-3H3. The van der Waals surface area contributed by atoms with E-state index in [0.717, 1.165) is 11.4 Å². The molecular formula is C24H25FN4O3. The maximum atomic E-state index is 13.6. The Morgan fingerprint density at radius 2 is 1.62 bits per heavy atom. The third-order valence-electron chi connectivity index (χ3n) is 5.37. The second-order valence-electron chi connectivity index (χ2n) is 7.43. The minimum atomic E-state index is -0.465. The van der Waals surface area contributed by atoms with Gasteiger partial charge in [0.1, 0.15) is 24.1 Å². The number of hydrogen-bond acceptors (Lipinski definition) is 6. The molecule has 0 N–H and O–H groups in total. The molecule has 1 heterocycles. The van der Waals surface area contributed by atoms with Crippen molar-refractivity contribution in [3.05, 3.63) is 65.7 Å². The summed E-state index contributed by atoms with van der Waals surface area (Å²) >= 11 is 0. The summed E-state index contributed by atoms with van der Waals surface area (Å²) in [6.45, 7) is 0.368. The van der Waals surface area contributed by atoms with Crippen LogP contribution in [0, 0.1) is 17.1 Å². The number of nitriles is 1. The van der Waals surface area contributed by atoms with Crippen molar-refractivity contribution in [2.24, 2.45) is 0 Å². The van der Waals surface area contributed by atoms with Gasteiger partial charge in [-0.1, -0.05) is 24.3 Å². The van der Waals surface area contributed by atoms with Crippen molar-refractivity contribution in [2.45, 2.75) is 12.8 Å². The van der Waals surface area contributed by atoms with Gasteiger partial charge in [-0.05, 0) is 24.3 Å². The van der Waals surface area contributed by atoms with E-state index in [9.17, 15) is 19.2 Å². The van der Waals surface area contributed by atoms with Crippen LogP contribution in [0.2, 0.25) is 0 Å². The average Bonchev–Trinajstić information content (AvgIpc) is 3.04. The first-order chi connectivity index (χ1) is 15.3. The van der Waals surface area contributed by atoms with E-state index in [4.69, 9.17) is 4.74 Å². The summed E-state index contributed by atoms with van der Waals surface area (Å²) in [5.41, 5.74) is 1.82. The summed E-state index contributed by atoms with van der Waals surface area (Å²) in [6.07, 6.45) is -0.115. The molecule has 0 spiro atoms. The highest BCUT2D eigenvalue weighted by molar-refractivity contribution is 6.03. The van der Waals surface area contributed by atoms with E-state index < -0.39 is 11.6 Å². The second kappa shape index (κ2) is 9.96. The molecule has 1 aliphatic heterocycles. The fourth-order valence-electron chi connectivity index (χ4n) is 3.57. The number of ketones is 1. The number of ether oxygens (including phenoxy) is 1. The van der Waals surface area contributed by atoms with Gasteiger partial charge in [-0.3, -0.25) is 9.59 Å². The SMILES string of the molecule is CN(CCOc1ccccc1F)C(=O)CCC(=O)C(C#N)=C1N(C)c2ccccc2N1C. The molecule has 1 amide bonds. The van der Waals surface area contributed by atoms with E-state index in [1.54, 1.807) is 43.1 Å². The van der Waals surface area contributed by atoms with E-state index in [-0.39, 0.29) is 43.2 Å². The van der Waals surface area contributed by atoms with Crippen molar-refractivity contribution < 1.29 is 18.7 Å². The number of halogens is 1. The minimum absolute atomic E-state index is 0.0181. The number of hydrogen-bond donors (Lipinski definition) is 0. The number of benzene rings is 2. The lowest BCUT2D eigenvalue weighted by Gasteiger charge is -2.20. The third-order valence-corrected chi connectivity index (χ3v) is 5.37. The molecule has 0 aliphatic carbocycles. The summed E-state index contributed by atoms with van der Waals surface area (Å²) in [4.78, 5) is 30.3. The molecule has 0 saturated heterocycles. The first-order valence-electron chi connectivity index (χ1n) is 10.2. The van der Waals surface area contributed by atoms with E-state index in [2.05, 4.69) is 0 Å². The molecule has 1 aliphatic rings. The van der Waals surface area contributed by atoms with Crippen LogP contribution in [-0.4, -0.2) is 50.9 Å². The zero-order valence-electron chi connectivity index (χ0n) is 18.3. The second-order valence-corrected chi connectivity index (χ2v) is 7.43. The molecule has 0 atom stereocenters. The first kappa shape index (κ1) is 22.8. The molecule has 7 nitrogen and oxygen atoms in total. The molecule has 166 valence electrons. The number of likely N-dealkylation sites (N-methyl/N-ethyl adjacent to an activating group) is 1. The Balaban J connectivity index is 1.57.